The number of anilines is 1. The van der Waals surface area contributed by atoms with Crippen LogP contribution in [-0.2, 0) is 27.2 Å². The van der Waals surface area contributed by atoms with Crippen molar-refractivity contribution >= 4 is 26.5 Å². The summed E-state index contributed by atoms with van der Waals surface area (Å²) in [7, 11) is -4.42. The average Bonchev–Trinajstić information content (AvgIpc) is 2.46. The van der Waals surface area contributed by atoms with E-state index in [0.717, 1.165) is 30.6 Å². The van der Waals surface area contributed by atoms with Gasteiger partial charge in [0.15, 0.2) is 0 Å². The molecule has 1 aliphatic heterocycles. The lowest BCUT2D eigenvalue weighted by Gasteiger charge is -2.18. The minimum Gasteiger partial charge on any atom is -0.385 e. The van der Waals surface area contributed by atoms with Crippen molar-refractivity contribution in [1.82, 2.24) is 4.72 Å². The summed E-state index contributed by atoms with van der Waals surface area (Å²) in [5, 5.41) is 3.25. The molecule has 1 heterocycles. The van der Waals surface area contributed by atoms with Crippen LogP contribution in [0, 0.1) is 0 Å². The molecule has 0 amide bonds. The summed E-state index contributed by atoms with van der Waals surface area (Å²) in [4.78, 5) is 0.301. The molecule has 2 rings (SSSR count). The molecule has 0 spiro atoms. The summed E-state index contributed by atoms with van der Waals surface area (Å²) < 4.78 is 38.4. The van der Waals surface area contributed by atoms with Crippen LogP contribution in [0.25, 0.3) is 0 Å². The Kier molecular flexibility index (Phi) is 5.40. The molecule has 5 nitrogen and oxygen atoms in total. The van der Waals surface area contributed by atoms with E-state index in [0.29, 0.717) is 17.9 Å². The number of benzene rings is 1. The van der Waals surface area contributed by atoms with Gasteiger partial charge in [-0.2, -0.15) is 0 Å². The largest absolute Gasteiger partial charge is 0.385 e. The number of fused-ring (bicyclic) bond motifs is 1. The lowest BCUT2D eigenvalue weighted by atomic mass is 10.0. The normalized spacial score (nSPS) is 17.6. The van der Waals surface area contributed by atoms with E-state index in [1.165, 1.54) is 0 Å². The maximum atomic E-state index is 12.3. The van der Waals surface area contributed by atoms with E-state index >= 15 is 0 Å². The summed E-state index contributed by atoms with van der Waals surface area (Å²) in [5.41, 5.74) is 2.07. The van der Waals surface area contributed by atoms with Crippen LogP contribution in [-0.4, -0.2) is 37.2 Å². The molecule has 7 heteroatoms. The zero-order valence-electron chi connectivity index (χ0n) is 12.4. The van der Waals surface area contributed by atoms with Crippen LogP contribution in [0.3, 0.4) is 0 Å². The van der Waals surface area contributed by atoms with E-state index < -0.39 is 20.8 Å². The smallest absolute Gasteiger partial charge is 0.240 e. The van der Waals surface area contributed by atoms with Crippen molar-refractivity contribution in [3.05, 3.63) is 23.8 Å². The molecule has 0 radical (unpaired) electrons. The molecule has 0 bridgehead atoms. The molecule has 0 aliphatic carbocycles. The summed E-state index contributed by atoms with van der Waals surface area (Å²) in [5.74, 6) is 0. The second-order valence-electron chi connectivity index (χ2n) is 5.34. The number of sulfonamides is 1. The standard InChI is InChI=1S/C14H22N2O3S2/c1-11(20(2)17)7-9-16-21(18,19)13-5-6-14-12(10-13)4-3-8-15-14/h5-6,10-11,15-16H,3-4,7-9H2,1-2H3. The molecule has 0 saturated heterocycles. The fourth-order valence-electron chi connectivity index (χ4n) is 2.26. The first-order valence-electron chi connectivity index (χ1n) is 7.09. The Morgan fingerprint density at radius 1 is 1.43 bits per heavy atom. The molecular formula is C14H22N2O3S2. The lowest BCUT2D eigenvalue weighted by Crippen LogP contribution is -2.28. The van der Waals surface area contributed by atoms with Crippen molar-refractivity contribution in [3.8, 4) is 0 Å². The van der Waals surface area contributed by atoms with Gasteiger partial charge in [-0.25, -0.2) is 13.1 Å². The second kappa shape index (κ2) is 6.89. The third-order valence-corrected chi connectivity index (χ3v) is 6.56. The van der Waals surface area contributed by atoms with Gasteiger partial charge in [-0.05, 0) is 43.0 Å². The molecule has 1 aliphatic rings. The fraction of sp³-hybridized carbons (Fsp3) is 0.571. The molecule has 2 unspecified atom stereocenters. The quantitative estimate of drug-likeness (QED) is 0.828. The molecule has 0 fully saturated rings. The van der Waals surface area contributed by atoms with Gasteiger partial charge in [-0.1, -0.05) is 6.92 Å². The van der Waals surface area contributed by atoms with Crippen LogP contribution in [0.5, 0.6) is 0 Å². The highest BCUT2D eigenvalue weighted by Gasteiger charge is 2.17. The van der Waals surface area contributed by atoms with Crippen molar-refractivity contribution in [2.75, 3.05) is 24.7 Å². The van der Waals surface area contributed by atoms with Gasteiger partial charge in [0.05, 0.1) is 4.90 Å². The Labute approximate surface area is 129 Å². The van der Waals surface area contributed by atoms with Gasteiger partial charge < -0.3 is 5.32 Å². The fourth-order valence-corrected chi connectivity index (χ4v) is 3.81. The number of hydrogen-bond acceptors (Lipinski definition) is 4. The van der Waals surface area contributed by atoms with Gasteiger partial charge >= 0.3 is 0 Å². The van der Waals surface area contributed by atoms with Crippen LogP contribution in [0.15, 0.2) is 23.1 Å². The Hall–Kier alpha value is -0.920. The maximum Gasteiger partial charge on any atom is 0.240 e. The highest BCUT2D eigenvalue weighted by molar-refractivity contribution is 7.89. The third kappa shape index (κ3) is 4.28. The van der Waals surface area contributed by atoms with Crippen molar-refractivity contribution in [1.29, 1.82) is 0 Å². The molecule has 0 aromatic heterocycles. The molecule has 0 saturated carbocycles. The van der Waals surface area contributed by atoms with E-state index in [2.05, 4.69) is 10.0 Å². The zero-order valence-corrected chi connectivity index (χ0v) is 14.0. The van der Waals surface area contributed by atoms with E-state index in [1.54, 1.807) is 18.4 Å². The van der Waals surface area contributed by atoms with Crippen molar-refractivity contribution in [2.24, 2.45) is 0 Å². The Balaban J connectivity index is 2.04. The Morgan fingerprint density at radius 3 is 2.90 bits per heavy atom. The van der Waals surface area contributed by atoms with Crippen molar-refractivity contribution in [2.45, 2.75) is 36.3 Å². The predicted octanol–water partition coefficient (Wildman–Crippen LogP) is 1.48. The molecule has 2 atom stereocenters. The van der Waals surface area contributed by atoms with Gasteiger partial charge in [0.25, 0.3) is 0 Å². The first kappa shape index (κ1) is 16.5. The summed E-state index contributed by atoms with van der Waals surface area (Å²) >= 11 is 0. The van der Waals surface area contributed by atoms with Crippen molar-refractivity contribution < 1.29 is 12.6 Å². The van der Waals surface area contributed by atoms with Crippen LogP contribution in [0.4, 0.5) is 5.69 Å². The second-order valence-corrected chi connectivity index (χ2v) is 8.91. The van der Waals surface area contributed by atoms with Gasteiger partial charge in [0, 0.05) is 41.1 Å². The number of nitrogens with one attached hydrogen (secondary N) is 2. The van der Waals surface area contributed by atoms with Crippen LogP contribution in [0.1, 0.15) is 25.3 Å². The van der Waals surface area contributed by atoms with E-state index in [9.17, 15) is 12.6 Å². The first-order chi connectivity index (χ1) is 9.90. The van der Waals surface area contributed by atoms with E-state index in [4.69, 9.17) is 0 Å². The average molecular weight is 330 g/mol. The minimum absolute atomic E-state index is 0.0135. The topological polar surface area (TPSA) is 75.3 Å². The minimum atomic E-state index is -3.49. The summed E-state index contributed by atoms with van der Waals surface area (Å²) in [6, 6.07) is 5.19. The van der Waals surface area contributed by atoms with Gasteiger partial charge in [0.2, 0.25) is 10.0 Å². The highest BCUT2D eigenvalue weighted by Crippen LogP contribution is 2.24. The molecule has 1 aromatic carbocycles. The van der Waals surface area contributed by atoms with Crippen LogP contribution in [0.2, 0.25) is 0 Å². The van der Waals surface area contributed by atoms with Gasteiger partial charge in [-0.3, -0.25) is 4.21 Å². The monoisotopic (exact) mass is 330 g/mol. The SMILES string of the molecule is CC(CCNS(=O)(=O)c1ccc2c(c1)CCCN2)S(C)=O. The Bertz CT molecular complexity index is 629. The highest BCUT2D eigenvalue weighted by atomic mass is 32.2. The first-order valence-corrected chi connectivity index (χ1v) is 10.2. The number of hydrogen-bond donors (Lipinski definition) is 2. The number of rotatable bonds is 6. The van der Waals surface area contributed by atoms with Crippen LogP contribution >= 0.6 is 0 Å². The van der Waals surface area contributed by atoms with Crippen LogP contribution < -0.4 is 10.0 Å². The van der Waals surface area contributed by atoms with Crippen molar-refractivity contribution in [3.63, 3.8) is 0 Å². The van der Waals surface area contributed by atoms with E-state index in [-0.39, 0.29) is 5.25 Å². The number of aryl methyl sites for hydroxylation is 1. The molecule has 118 valence electrons. The van der Waals surface area contributed by atoms with Gasteiger partial charge in [-0.15, -0.1) is 0 Å². The van der Waals surface area contributed by atoms with Gasteiger partial charge in [0.1, 0.15) is 0 Å². The lowest BCUT2D eigenvalue weighted by molar-refractivity contribution is 0.577. The summed E-state index contributed by atoms with van der Waals surface area (Å²) in [6.45, 7) is 3.09. The molecule has 2 N–H and O–H groups in total. The van der Waals surface area contributed by atoms with E-state index in [1.807, 2.05) is 13.0 Å². The predicted molar refractivity (Wildman–Crippen MR) is 86.6 cm³/mol. The third-order valence-electron chi connectivity index (χ3n) is 3.73. The maximum absolute atomic E-state index is 12.3. The molecule has 1 aromatic rings. The molecule has 21 heavy (non-hydrogen) atoms. The summed E-state index contributed by atoms with van der Waals surface area (Å²) in [6.07, 6.45) is 4.12. The Morgan fingerprint density at radius 2 is 2.19 bits per heavy atom. The molecular weight excluding hydrogens is 308 g/mol. The zero-order chi connectivity index (χ0) is 15.5.